The van der Waals surface area contributed by atoms with Gasteiger partial charge in [-0.25, -0.2) is 4.39 Å². The summed E-state index contributed by atoms with van der Waals surface area (Å²) in [5.74, 6) is -0.758. The van der Waals surface area contributed by atoms with Crippen molar-refractivity contribution >= 4 is 11.4 Å². The SMILES string of the molecule is O=[N+]([O-])c1ccc(N=NCc2ccccc2)c(F)c1. The molecule has 0 unspecified atom stereocenters. The summed E-state index contributed by atoms with van der Waals surface area (Å²) in [4.78, 5) is 9.79. The van der Waals surface area contributed by atoms with Crippen molar-refractivity contribution in [2.75, 3.05) is 0 Å². The summed E-state index contributed by atoms with van der Waals surface area (Å²) in [7, 11) is 0. The fourth-order valence-electron chi connectivity index (χ4n) is 1.47. The average Bonchev–Trinajstić information content (AvgIpc) is 2.41. The van der Waals surface area contributed by atoms with Crippen LogP contribution in [0.1, 0.15) is 5.56 Å². The smallest absolute Gasteiger partial charge is 0.258 e. The van der Waals surface area contributed by atoms with Gasteiger partial charge in [-0.3, -0.25) is 10.1 Å². The van der Waals surface area contributed by atoms with Gasteiger partial charge in [-0.15, -0.1) is 0 Å². The van der Waals surface area contributed by atoms with Crippen molar-refractivity contribution in [3.8, 4) is 0 Å². The van der Waals surface area contributed by atoms with Gasteiger partial charge in [-0.05, 0) is 11.6 Å². The highest BCUT2D eigenvalue weighted by Gasteiger charge is 2.09. The van der Waals surface area contributed by atoms with Crippen molar-refractivity contribution < 1.29 is 9.31 Å². The van der Waals surface area contributed by atoms with Gasteiger partial charge >= 0.3 is 0 Å². The number of azo groups is 1. The van der Waals surface area contributed by atoms with Crippen LogP contribution in [0.15, 0.2) is 58.8 Å². The topological polar surface area (TPSA) is 67.9 Å². The maximum atomic E-state index is 13.5. The quantitative estimate of drug-likeness (QED) is 0.472. The highest BCUT2D eigenvalue weighted by atomic mass is 19.1. The predicted molar refractivity (Wildman–Crippen MR) is 67.7 cm³/mol. The fourth-order valence-corrected chi connectivity index (χ4v) is 1.47. The number of hydrogen-bond acceptors (Lipinski definition) is 4. The lowest BCUT2D eigenvalue weighted by atomic mass is 10.2. The minimum Gasteiger partial charge on any atom is -0.258 e. The normalized spacial score (nSPS) is 10.8. The van der Waals surface area contributed by atoms with E-state index >= 15 is 0 Å². The van der Waals surface area contributed by atoms with E-state index in [0.29, 0.717) is 6.54 Å². The summed E-state index contributed by atoms with van der Waals surface area (Å²) in [6.07, 6.45) is 0. The third-order valence-electron chi connectivity index (χ3n) is 2.42. The van der Waals surface area contributed by atoms with Crippen molar-refractivity contribution in [3.63, 3.8) is 0 Å². The molecule has 2 rings (SSSR count). The number of non-ortho nitro benzene ring substituents is 1. The maximum Gasteiger partial charge on any atom is 0.272 e. The zero-order valence-electron chi connectivity index (χ0n) is 9.86. The van der Waals surface area contributed by atoms with Gasteiger partial charge < -0.3 is 0 Å². The third kappa shape index (κ3) is 3.41. The molecule has 0 spiro atoms. The van der Waals surface area contributed by atoms with Crippen LogP contribution in [0.2, 0.25) is 0 Å². The molecule has 0 amide bonds. The first kappa shape index (κ1) is 12.8. The number of nitro groups is 1. The van der Waals surface area contributed by atoms with Crippen LogP contribution in [0.5, 0.6) is 0 Å². The summed E-state index contributed by atoms with van der Waals surface area (Å²) >= 11 is 0. The summed E-state index contributed by atoms with van der Waals surface area (Å²) in [6.45, 7) is 0.331. The molecule has 0 aliphatic carbocycles. The first-order valence-corrected chi connectivity index (χ1v) is 5.52. The molecule has 19 heavy (non-hydrogen) atoms. The largest absolute Gasteiger partial charge is 0.272 e. The van der Waals surface area contributed by atoms with E-state index in [1.165, 1.54) is 12.1 Å². The van der Waals surface area contributed by atoms with E-state index in [4.69, 9.17) is 0 Å². The average molecular weight is 259 g/mol. The molecule has 2 aromatic carbocycles. The maximum absolute atomic E-state index is 13.5. The molecular formula is C13H10FN3O2. The van der Waals surface area contributed by atoms with E-state index in [-0.39, 0.29) is 11.4 Å². The Morgan fingerprint density at radius 1 is 1.16 bits per heavy atom. The number of benzene rings is 2. The molecule has 6 heteroatoms. The van der Waals surface area contributed by atoms with Gasteiger partial charge in [0.25, 0.3) is 5.69 Å². The van der Waals surface area contributed by atoms with Gasteiger partial charge in [0.05, 0.1) is 17.5 Å². The number of rotatable bonds is 4. The van der Waals surface area contributed by atoms with E-state index < -0.39 is 10.7 Å². The van der Waals surface area contributed by atoms with Crippen LogP contribution < -0.4 is 0 Å². The molecule has 5 nitrogen and oxygen atoms in total. The van der Waals surface area contributed by atoms with E-state index in [0.717, 1.165) is 11.6 Å². The molecule has 0 saturated heterocycles. The summed E-state index contributed by atoms with van der Waals surface area (Å²) in [5, 5.41) is 18.0. The van der Waals surface area contributed by atoms with Gasteiger partial charge in [0.1, 0.15) is 5.69 Å². The Kier molecular flexibility index (Phi) is 3.92. The van der Waals surface area contributed by atoms with Crippen molar-refractivity contribution in [1.82, 2.24) is 0 Å². The molecule has 0 radical (unpaired) electrons. The zero-order chi connectivity index (χ0) is 13.7. The highest BCUT2D eigenvalue weighted by Crippen LogP contribution is 2.23. The Balaban J connectivity index is 2.09. The number of halogens is 1. The Labute approximate surface area is 108 Å². The van der Waals surface area contributed by atoms with Crippen molar-refractivity contribution in [2.45, 2.75) is 6.54 Å². The van der Waals surface area contributed by atoms with Crippen molar-refractivity contribution in [3.05, 3.63) is 70.0 Å². The van der Waals surface area contributed by atoms with Crippen molar-refractivity contribution in [2.24, 2.45) is 10.2 Å². The molecule has 0 aromatic heterocycles. The molecule has 0 aliphatic heterocycles. The minimum absolute atomic E-state index is 0.0125. The first-order valence-electron chi connectivity index (χ1n) is 5.52. The molecule has 2 aromatic rings. The molecule has 0 saturated carbocycles. The molecule has 0 atom stereocenters. The number of hydrogen-bond donors (Lipinski definition) is 0. The molecule has 0 heterocycles. The second kappa shape index (κ2) is 5.81. The highest BCUT2D eigenvalue weighted by molar-refractivity contribution is 5.45. The van der Waals surface area contributed by atoms with Gasteiger partial charge in [0.15, 0.2) is 5.82 Å². The van der Waals surface area contributed by atoms with Crippen LogP contribution in [0, 0.1) is 15.9 Å². The zero-order valence-corrected chi connectivity index (χ0v) is 9.86. The van der Waals surface area contributed by atoms with E-state index in [9.17, 15) is 14.5 Å². The lowest BCUT2D eigenvalue weighted by Crippen LogP contribution is -1.88. The summed E-state index contributed by atoms with van der Waals surface area (Å²) in [5.41, 5.74) is 0.634. The van der Waals surface area contributed by atoms with E-state index in [1.807, 2.05) is 30.3 Å². The van der Waals surface area contributed by atoms with Gasteiger partial charge in [-0.1, -0.05) is 30.3 Å². The lowest BCUT2D eigenvalue weighted by Gasteiger charge is -1.96. The summed E-state index contributed by atoms with van der Waals surface area (Å²) in [6, 6.07) is 12.7. The first-order chi connectivity index (χ1) is 9.16. The van der Waals surface area contributed by atoms with Crippen LogP contribution >= 0.6 is 0 Å². The van der Waals surface area contributed by atoms with Gasteiger partial charge in [0.2, 0.25) is 0 Å². The van der Waals surface area contributed by atoms with Gasteiger partial charge in [0, 0.05) is 6.07 Å². The standard InChI is InChI=1S/C13H10FN3O2/c14-12-8-11(17(18)19)6-7-13(12)16-15-9-10-4-2-1-3-5-10/h1-8H,9H2. The minimum atomic E-state index is -0.758. The number of nitro benzene ring substituents is 1. The molecular weight excluding hydrogens is 249 g/mol. The van der Waals surface area contributed by atoms with Crippen LogP contribution in [0.25, 0.3) is 0 Å². The van der Waals surface area contributed by atoms with Crippen molar-refractivity contribution in [1.29, 1.82) is 0 Å². The fraction of sp³-hybridized carbons (Fsp3) is 0.0769. The Bertz CT molecular complexity index is 615. The van der Waals surface area contributed by atoms with E-state index in [1.54, 1.807) is 0 Å². The molecule has 0 bridgehead atoms. The van der Waals surface area contributed by atoms with Crippen LogP contribution in [0.4, 0.5) is 15.8 Å². The third-order valence-corrected chi connectivity index (χ3v) is 2.42. The monoisotopic (exact) mass is 259 g/mol. The van der Waals surface area contributed by atoms with Crippen LogP contribution in [-0.2, 0) is 6.54 Å². The molecule has 0 N–H and O–H groups in total. The van der Waals surface area contributed by atoms with Crippen LogP contribution in [-0.4, -0.2) is 4.92 Å². The molecule has 96 valence electrons. The lowest BCUT2D eigenvalue weighted by molar-refractivity contribution is -0.385. The Morgan fingerprint density at radius 2 is 1.89 bits per heavy atom. The second-order valence-corrected chi connectivity index (χ2v) is 3.78. The Morgan fingerprint density at radius 3 is 2.53 bits per heavy atom. The van der Waals surface area contributed by atoms with E-state index in [2.05, 4.69) is 10.2 Å². The Hall–Kier alpha value is -2.63. The second-order valence-electron chi connectivity index (χ2n) is 3.78. The molecule has 0 aliphatic rings. The summed E-state index contributed by atoms with van der Waals surface area (Å²) < 4.78 is 13.5. The van der Waals surface area contributed by atoms with Gasteiger partial charge in [-0.2, -0.15) is 10.2 Å². The molecule has 0 fully saturated rings. The van der Waals surface area contributed by atoms with Crippen LogP contribution in [0.3, 0.4) is 0 Å². The number of nitrogens with zero attached hydrogens (tertiary/aromatic N) is 3. The predicted octanol–water partition coefficient (Wildman–Crippen LogP) is 4.02.